The standard InChI is InChI=1S/C17H21NO3S/c1-17(2,3)14(19)11-21-16(20)10-6-9-15-18-12-7-4-5-8-13(12)22-15/h4-5,7-8H,6,9-11H2,1-3H3. The van der Waals surface area contributed by atoms with Gasteiger partial charge in [0.1, 0.15) is 0 Å². The first-order chi connectivity index (χ1) is 10.4. The molecule has 0 N–H and O–H groups in total. The lowest BCUT2D eigenvalue weighted by Gasteiger charge is -2.16. The van der Waals surface area contributed by atoms with Crippen LogP contribution < -0.4 is 0 Å². The second-order valence-corrected chi connectivity index (χ2v) is 7.38. The van der Waals surface area contributed by atoms with E-state index in [9.17, 15) is 9.59 Å². The van der Waals surface area contributed by atoms with E-state index in [1.54, 1.807) is 11.3 Å². The van der Waals surface area contributed by atoms with Gasteiger partial charge in [0.15, 0.2) is 12.4 Å². The Bertz CT molecular complexity index is 637. The van der Waals surface area contributed by atoms with Crippen LogP contribution >= 0.6 is 11.3 Å². The summed E-state index contributed by atoms with van der Waals surface area (Å²) < 4.78 is 6.18. The minimum absolute atomic E-state index is 0.0629. The quantitative estimate of drug-likeness (QED) is 0.760. The number of aryl methyl sites for hydroxylation is 1. The molecular weight excluding hydrogens is 298 g/mol. The van der Waals surface area contributed by atoms with Gasteiger partial charge in [0.2, 0.25) is 0 Å². The highest BCUT2D eigenvalue weighted by Crippen LogP contribution is 2.22. The fourth-order valence-electron chi connectivity index (χ4n) is 1.85. The van der Waals surface area contributed by atoms with Crippen LogP contribution in [0.1, 0.15) is 38.6 Å². The Labute approximate surface area is 134 Å². The topological polar surface area (TPSA) is 56.3 Å². The normalized spacial score (nSPS) is 11.6. The highest BCUT2D eigenvalue weighted by Gasteiger charge is 2.22. The third kappa shape index (κ3) is 4.63. The Morgan fingerprint density at radius 1 is 1.23 bits per heavy atom. The number of benzene rings is 1. The van der Waals surface area contributed by atoms with Gasteiger partial charge in [-0.25, -0.2) is 4.98 Å². The number of carbonyl (C=O) groups is 2. The second kappa shape index (κ2) is 7.01. The zero-order valence-corrected chi connectivity index (χ0v) is 14.0. The summed E-state index contributed by atoms with van der Waals surface area (Å²) in [6, 6.07) is 7.99. The highest BCUT2D eigenvalue weighted by atomic mass is 32.1. The van der Waals surface area contributed by atoms with E-state index in [2.05, 4.69) is 4.98 Å². The van der Waals surface area contributed by atoms with E-state index in [-0.39, 0.29) is 18.4 Å². The van der Waals surface area contributed by atoms with Crippen LogP contribution in [-0.4, -0.2) is 23.3 Å². The molecule has 0 aliphatic heterocycles. The SMILES string of the molecule is CC(C)(C)C(=O)COC(=O)CCCc1nc2ccccc2s1. The summed E-state index contributed by atoms with van der Waals surface area (Å²) in [7, 11) is 0. The van der Waals surface area contributed by atoms with Crippen molar-refractivity contribution in [3.8, 4) is 0 Å². The van der Waals surface area contributed by atoms with Gasteiger partial charge in [-0.15, -0.1) is 11.3 Å². The van der Waals surface area contributed by atoms with Gasteiger partial charge in [-0.2, -0.15) is 0 Å². The van der Waals surface area contributed by atoms with Crippen LogP contribution in [0.15, 0.2) is 24.3 Å². The van der Waals surface area contributed by atoms with Crippen LogP contribution in [0.5, 0.6) is 0 Å². The molecule has 2 aromatic rings. The number of Topliss-reactive ketones (excluding diaryl/α,β-unsaturated/α-hetero) is 1. The van der Waals surface area contributed by atoms with E-state index >= 15 is 0 Å². The number of rotatable bonds is 6. The van der Waals surface area contributed by atoms with Gasteiger partial charge in [-0.05, 0) is 25.0 Å². The number of carbonyl (C=O) groups excluding carboxylic acids is 2. The molecule has 118 valence electrons. The van der Waals surface area contributed by atoms with Gasteiger partial charge in [0.05, 0.1) is 15.2 Å². The summed E-state index contributed by atoms with van der Waals surface area (Å²) in [6.45, 7) is 5.31. The molecule has 22 heavy (non-hydrogen) atoms. The summed E-state index contributed by atoms with van der Waals surface area (Å²) >= 11 is 1.65. The van der Waals surface area contributed by atoms with Gasteiger partial charge in [0.25, 0.3) is 0 Å². The smallest absolute Gasteiger partial charge is 0.306 e. The van der Waals surface area contributed by atoms with Gasteiger partial charge in [-0.1, -0.05) is 32.9 Å². The summed E-state index contributed by atoms with van der Waals surface area (Å²) in [5.74, 6) is -0.384. The largest absolute Gasteiger partial charge is 0.458 e. The van der Waals surface area contributed by atoms with E-state index in [4.69, 9.17) is 4.74 Å². The number of aromatic nitrogens is 1. The molecular formula is C17H21NO3S. The van der Waals surface area contributed by atoms with Crippen molar-refractivity contribution in [2.75, 3.05) is 6.61 Å². The lowest BCUT2D eigenvalue weighted by molar-refractivity contribution is -0.150. The molecule has 0 atom stereocenters. The van der Waals surface area contributed by atoms with Crippen LogP contribution in [0.25, 0.3) is 10.2 Å². The van der Waals surface area contributed by atoms with E-state index in [0.29, 0.717) is 12.8 Å². The van der Waals surface area contributed by atoms with Crippen LogP contribution in [0.3, 0.4) is 0 Å². The Hall–Kier alpha value is -1.75. The Kier molecular flexibility index (Phi) is 5.29. The van der Waals surface area contributed by atoms with Crippen molar-refractivity contribution >= 4 is 33.3 Å². The number of nitrogens with zero attached hydrogens (tertiary/aromatic N) is 1. The maximum atomic E-state index is 11.7. The first-order valence-corrected chi connectivity index (χ1v) is 8.21. The van der Waals surface area contributed by atoms with Crippen LogP contribution in [0.4, 0.5) is 0 Å². The third-order valence-electron chi connectivity index (χ3n) is 3.31. The Morgan fingerprint density at radius 3 is 2.64 bits per heavy atom. The van der Waals surface area contributed by atoms with E-state index in [1.807, 2.05) is 45.0 Å². The van der Waals surface area contributed by atoms with Gasteiger partial charge in [-0.3, -0.25) is 9.59 Å². The summed E-state index contributed by atoms with van der Waals surface area (Å²) in [6.07, 6.45) is 1.75. The minimum atomic E-state index is -0.471. The number of esters is 1. The molecule has 0 saturated carbocycles. The molecule has 0 fully saturated rings. The van der Waals surface area contributed by atoms with Crippen molar-refractivity contribution in [2.24, 2.45) is 5.41 Å². The average Bonchev–Trinajstić information content (AvgIpc) is 2.86. The first-order valence-electron chi connectivity index (χ1n) is 7.39. The van der Waals surface area contributed by atoms with Crippen molar-refractivity contribution in [3.63, 3.8) is 0 Å². The lowest BCUT2D eigenvalue weighted by atomic mass is 9.91. The Morgan fingerprint density at radius 2 is 1.95 bits per heavy atom. The summed E-state index contributed by atoms with van der Waals surface area (Å²) in [4.78, 5) is 27.9. The van der Waals surface area contributed by atoms with E-state index in [0.717, 1.165) is 21.6 Å². The number of fused-ring (bicyclic) bond motifs is 1. The van der Waals surface area contributed by atoms with Gasteiger partial charge >= 0.3 is 5.97 Å². The molecule has 0 radical (unpaired) electrons. The monoisotopic (exact) mass is 319 g/mol. The molecule has 2 rings (SSSR count). The fraction of sp³-hybridized carbons (Fsp3) is 0.471. The number of hydrogen-bond acceptors (Lipinski definition) is 5. The van der Waals surface area contributed by atoms with Gasteiger partial charge < -0.3 is 4.74 Å². The Balaban J connectivity index is 1.74. The molecule has 0 bridgehead atoms. The highest BCUT2D eigenvalue weighted by molar-refractivity contribution is 7.18. The number of para-hydroxylation sites is 1. The molecule has 0 saturated heterocycles. The molecule has 0 aliphatic carbocycles. The maximum absolute atomic E-state index is 11.7. The zero-order chi connectivity index (χ0) is 16.2. The average molecular weight is 319 g/mol. The van der Waals surface area contributed by atoms with Gasteiger partial charge in [0, 0.05) is 11.8 Å². The first kappa shape index (κ1) is 16.6. The molecule has 1 heterocycles. The number of ketones is 1. The molecule has 1 aromatic carbocycles. The number of hydrogen-bond donors (Lipinski definition) is 0. The van der Waals surface area contributed by atoms with Crippen LogP contribution in [-0.2, 0) is 20.7 Å². The predicted octanol–water partition coefficient (Wildman–Crippen LogP) is 3.78. The van der Waals surface area contributed by atoms with E-state index < -0.39 is 5.41 Å². The maximum Gasteiger partial charge on any atom is 0.306 e. The molecule has 0 amide bonds. The van der Waals surface area contributed by atoms with Crippen molar-refractivity contribution < 1.29 is 14.3 Å². The molecule has 4 nitrogen and oxygen atoms in total. The number of thiazole rings is 1. The zero-order valence-electron chi connectivity index (χ0n) is 13.2. The van der Waals surface area contributed by atoms with Crippen molar-refractivity contribution in [1.29, 1.82) is 0 Å². The van der Waals surface area contributed by atoms with Crippen molar-refractivity contribution in [2.45, 2.75) is 40.0 Å². The molecule has 0 aliphatic rings. The second-order valence-electron chi connectivity index (χ2n) is 6.26. The minimum Gasteiger partial charge on any atom is -0.458 e. The summed E-state index contributed by atoms with van der Waals surface area (Å²) in [5.41, 5.74) is 0.530. The lowest BCUT2D eigenvalue weighted by Crippen LogP contribution is -2.26. The van der Waals surface area contributed by atoms with Crippen LogP contribution in [0.2, 0.25) is 0 Å². The molecule has 1 aromatic heterocycles. The summed E-state index contributed by atoms with van der Waals surface area (Å²) in [5, 5.41) is 1.03. The predicted molar refractivity (Wildman–Crippen MR) is 88.0 cm³/mol. The van der Waals surface area contributed by atoms with E-state index in [1.165, 1.54) is 0 Å². The molecule has 5 heteroatoms. The van der Waals surface area contributed by atoms with Crippen molar-refractivity contribution in [1.82, 2.24) is 4.98 Å². The number of ether oxygens (including phenoxy) is 1. The fourth-order valence-corrected chi connectivity index (χ4v) is 2.85. The molecule has 0 spiro atoms. The van der Waals surface area contributed by atoms with Crippen LogP contribution in [0, 0.1) is 5.41 Å². The van der Waals surface area contributed by atoms with Crippen molar-refractivity contribution in [3.05, 3.63) is 29.3 Å². The third-order valence-corrected chi connectivity index (χ3v) is 4.41. The molecule has 0 unspecified atom stereocenters.